The van der Waals surface area contributed by atoms with Crippen molar-refractivity contribution < 1.29 is 4.39 Å². The molecule has 0 amide bonds. The summed E-state index contributed by atoms with van der Waals surface area (Å²) >= 11 is 0. The molecule has 2 N–H and O–H groups in total. The average Bonchev–Trinajstić information content (AvgIpc) is 2.15. The summed E-state index contributed by atoms with van der Waals surface area (Å²) in [7, 11) is 0. The van der Waals surface area contributed by atoms with Crippen molar-refractivity contribution in [1.82, 2.24) is 0 Å². The molecule has 1 aliphatic carbocycles. The third kappa shape index (κ3) is 1.94. The van der Waals surface area contributed by atoms with Crippen LogP contribution in [0.5, 0.6) is 0 Å². The summed E-state index contributed by atoms with van der Waals surface area (Å²) in [5.41, 5.74) is 5.32. The van der Waals surface area contributed by atoms with E-state index in [4.69, 9.17) is 5.73 Å². The van der Waals surface area contributed by atoms with Gasteiger partial charge >= 0.3 is 0 Å². The predicted molar refractivity (Wildman–Crippen MR) is 40.6 cm³/mol. The van der Waals surface area contributed by atoms with Crippen LogP contribution in [-0.2, 0) is 0 Å². The van der Waals surface area contributed by atoms with Gasteiger partial charge in [0.25, 0.3) is 0 Å². The third-order valence-electron chi connectivity index (χ3n) is 2.37. The molecular weight excluding hydrogens is 129 g/mol. The zero-order valence-electron chi connectivity index (χ0n) is 6.41. The van der Waals surface area contributed by atoms with Gasteiger partial charge in [0.15, 0.2) is 0 Å². The van der Waals surface area contributed by atoms with Crippen LogP contribution in [0.2, 0.25) is 0 Å². The Morgan fingerprint density at radius 3 is 2.00 bits per heavy atom. The summed E-state index contributed by atoms with van der Waals surface area (Å²) in [5.74, 6) is 0. The van der Waals surface area contributed by atoms with Crippen molar-refractivity contribution in [1.29, 1.82) is 0 Å². The highest BCUT2D eigenvalue weighted by Gasteiger charge is 2.25. The second-order valence-electron chi connectivity index (χ2n) is 3.41. The van der Waals surface area contributed by atoms with Gasteiger partial charge in [0.2, 0.25) is 0 Å². The first-order chi connectivity index (χ1) is 4.77. The molecule has 0 saturated heterocycles. The van der Waals surface area contributed by atoms with E-state index in [0.717, 1.165) is 25.7 Å². The largest absolute Gasteiger partial charge is 0.323 e. The van der Waals surface area contributed by atoms with Gasteiger partial charge in [-0.15, -0.1) is 0 Å². The Kier molecular flexibility index (Phi) is 2.66. The maximum absolute atomic E-state index is 12.3. The van der Waals surface area contributed by atoms with Crippen LogP contribution in [0.1, 0.15) is 38.5 Å². The molecule has 1 fully saturated rings. The molecule has 1 saturated carbocycles. The monoisotopic (exact) mass is 145 g/mol. The van der Waals surface area contributed by atoms with Crippen LogP contribution in [0.3, 0.4) is 0 Å². The van der Waals surface area contributed by atoms with Crippen LogP contribution >= 0.6 is 0 Å². The van der Waals surface area contributed by atoms with E-state index in [1.165, 1.54) is 12.8 Å². The summed E-state index contributed by atoms with van der Waals surface area (Å²) in [6.45, 7) is -0.340. The van der Waals surface area contributed by atoms with E-state index in [1.54, 1.807) is 0 Å². The van der Waals surface area contributed by atoms with Crippen LogP contribution in [0, 0.1) is 0 Å². The van der Waals surface area contributed by atoms with Crippen molar-refractivity contribution in [2.24, 2.45) is 5.73 Å². The van der Waals surface area contributed by atoms with E-state index in [-0.39, 0.29) is 6.67 Å². The first-order valence-corrected chi connectivity index (χ1v) is 4.12. The Bertz CT molecular complexity index is 95.4. The van der Waals surface area contributed by atoms with Crippen molar-refractivity contribution in [3.05, 3.63) is 0 Å². The van der Waals surface area contributed by atoms with Gasteiger partial charge in [-0.05, 0) is 12.8 Å². The highest BCUT2D eigenvalue weighted by Crippen LogP contribution is 2.24. The van der Waals surface area contributed by atoms with Crippen molar-refractivity contribution >= 4 is 0 Å². The number of hydrogen-bond donors (Lipinski definition) is 1. The molecule has 0 bridgehead atoms. The molecule has 0 atom stereocenters. The lowest BCUT2D eigenvalue weighted by atomic mass is 9.93. The lowest BCUT2D eigenvalue weighted by Crippen LogP contribution is -2.41. The van der Waals surface area contributed by atoms with E-state index in [0.29, 0.717) is 0 Å². The number of nitrogens with two attached hydrogens (primary N) is 1. The fraction of sp³-hybridized carbons (Fsp3) is 1.00. The molecule has 0 aromatic rings. The smallest absolute Gasteiger partial charge is 0.107 e. The first-order valence-electron chi connectivity index (χ1n) is 4.12. The van der Waals surface area contributed by atoms with Crippen molar-refractivity contribution in [2.45, 2.75) is 44.1 Å². The van der Waals surface area contributed by atoms with E-state index in [9.17, 15) is 4.39 Å². The first kappa shape index (κ1) is 7.99. The van der Waals surface area contributed by atoms with E-state index < -0.39 is 5.54 Å². The Morgan fingerprint density at radius 1 is 1.10 bits per heavy atom. The maximum Gasteiger partial charge on any atom is 0.107 e. The molecule has 0 aromatic carbocycles. The molecule has 1 nitrogen and oxygen atoms in total. The summed E-state index contributed by atoms with van der Waals surface area (Å²) in [6, 6.07) is 0. The molecule has 0 spiro atoms. The molecule has 60 valence electrons. The number of halogens is 1. The Labute approximate surface area is 61.8 Å². The molecular formula is C8H16FN. The number of rotatable bonds is 1. The van der Waals surface area contributed by atoms with Gasteiger partial charge < -0.3 is 5.73 Å². The zero-order chi connectivity index (χ0) is 7.45. The van der Waals surface area contributed by atoms with Gasteiger partial charge in [0.05, 0.1) is 0 Å². The molecule has 0 unspecified atom stereocenters. The molecule has 2 heteroatoms. The Hall–Kier alpha value is -0.110. The minimum atomic E-state index is -0.462. The number of alkyl halides is 1. The van der Waals surface area contributed by atoms with Crippen LogP contribution < -0.4 is 5.73 Å². The summed E-state index contributed by atoms with van der Waals surface area (Å²) in [6.07, 6.45) is 6.45. The summed E-state index contributed by atoms with van der Waals surface area (Å²) in [4.78, 5) is 0. The van der Waals surface area contributed by atoms with Crippen molar-refractivity contribution in [3.63, 3.8) is 0 Å². The fourth-order valence-corrected chi connectivity index (χ4v) is 1.57. The fourth-order valence-electron chi connectivity index (χ4n) is 1.57. The third-order valence-corrected chi connectivity index (χ3v) is 2.37. The highest BCUT2D eigenvalue weighted by atomic mass is 19.1. The van der Waals surface area contributed by atoms with Gasteiger partial charge in [-0.3, -0.25) is 0 Å². The van der Waals surface area contributed by atoms with Crippen LogP contribution in [-0.4, -0.2) is 12.2 Å². The minimum Gasteiger partial charge on any atom is -0.323 e. The molecule has 10 heavy (non-hydrogen) atoms. The molecule has 1 rings (SSSR count). The predicted octanol–water partition coefficient (Wildman–Crippen LogP) is 2.01. The maximum atomic E-state index is 12.3. The van der Waals surface area contributed by atoms with Crippen LogP contribution in [0.15, 0.2) is 0 Å². The Morgan fingerprint density at radius 2 is 1.60 bits per heavy atom. The normalized spacial score (nSPS) is 25.8. The van der Waals surface area contributed by atoms with E-state index in [2.05, 4.69) is 0 Å². The molecule has 0 aliphatic heterocycles. The summed E-state index contributed by atoms with van der Waals surface area (Å²) in [5, 5.41) is 0. The SMILES string of the molecule is NC1(CF)CCCCCC1. The van der Waals surface area contributed by atoms with E-state index >= 15 is 0 Å². The zero-order valence-corrected chi connectivity index (χ0v) is 6.41. The lowest BCUT2D eigenvalue weighted by Gasteiger charge is -2.23. The van der Waals surface area contributed by atoms with Crippen molar-refractivity contribution in [3.8, 4) is 0 Å². The second kappa shape index (κ2) is 3.33. The lowest BCUT2D eigenvalue weighted by molar-refractivity contribution is 0.275. The Balaban J connectivity index is 2.41. The molecule has 0 radical (unpaired) electrons. The molecule has 1 aliphatic rings. The highest BCUT2D eigenvalue weighted by molar-refractivity contribution is 4.84. The quantitative estimate of drug-likeness (QED) is 0.561. The van der Waals surface area contributed by atoms with Gasteiger partial charge in [0, 0.05) is 5.54 Å². The van der Waals surface area contributed by atoms with Gasteiger partial charge in [-0.1, -0.05) is 25.7 Å². The summed E-state index contributed by atoms with van der Waals surface area (Å²) < 4.78 is 12.3. The number of hydrogen-bond acceptors (Lipinski definition) is 1. The van der Waals surface area contributed by atoms with Crippen molar-refractivity contribution in [2.75, 3.05) is 6.67 Å². The van der Waals surface area contributed by atoms with Gasteiger partial charge in [-0.2, -0.15) is 0 Å². The minimum absolute atomic E-state index is 0.340. The standard InChI is InChI=1S/C8H16FN/c9-7-8(10)5-3-1-2-4-6-8/h1-7,10H2. The second-order valence-corrected chi connectivity index (χ2v) is 3.41. The van der Waals surface area contributed by atoms with Gasteiger partial charge in [-0.25, -0.2) is 4.39 Å². The molecule has 0 aromatic heterocycles. The van der Waals surface area contributed by atoms with Gasteiger partial charge in [0.1, 0.15) is 6.67 Å². The van der Waals surface area contributed by atoms with Crippen LogP contribution in [0.25, 0.3) is 0 Å². The molecule has 0 heterocycles. The van der Waals surface area contributed by atoms with E-state index in [1.807, 2.05) is 0 Å². The topological polar surface area (TPSA) is 26.0 Å². The van der Waals surface area contributed by atoms with Crippen LogP contribution in [0.4, 0.5) is 4.39 Å². The average molecular weight is 145 g/mol.